The molecule has 2 N–H and O–H groups in total. The van der Waals surface area contributed by atoms with Crippen LogP contribution in [0.3, 0.4) is 0 Å². The van der Waals surface area contributed by atoms with E-state index in [1.807, 2.05) is 0 Å². The van der Waals surface area contributed by atoms with E-state index in [1.54, 1.807) is 0 Å². The van der Waals surface area contributed by atoms with Crippen LogP contribution in [0.1, 0.15) is 45.9 Å². The molecule has 1 aliphatic heterocycles. The Bertz CT molecular complexity index is 408. The molecule has 0 bridgehead atoms. The van der Waals surface area contributed by atoms with Crippen LogP contribution in [-0.2, 0) is 10.2 Å². The zero-order valence-corrected chi connectivity index (χ0v) is 13.6. The molecule has 0 radical (unpaired) electrons. The number of anilines is 1. The first-order chi connectivity index (χ1) is 9.50. The standard InChI is InChI=1S/C14H26N4OS/c1-14(2,3)12-16-13(20-17-12)18-8-5-11(6-9-18)19-10-4-7-15/h11H,4-10,15H2,1-3H3. The third-order valence-electron chi connectivity index (χ3n) is 3.50. The Morgan fingerprint density at radius 3 is 2.60 bits per heavy atom. The number of hydrogen-bond acceptors (Lipinski definition) is 6. The molecule has 0 amide bonds. The molecule has 1 saturated heterocycles. The van der Waals surface area contributed by atoms with E-state index >= 15 is 0 Å². The SMILES string of the molecule is CC(C)(C)c1nsc(N2CCC(OCCCN)CC2)n1. The summed E-state index contributed by atoms with van der Waals surface area (Å²) >= 11 is 1.51. The Kier molecular flexibility index (Phi) is 5.35. The van der Waals surface area contributed by atoms with E-state index in [0.717, 1.165) is 49.9 Å². The minimum atomic E-state index is 0.0262. The molecule has 1 aromatic rings. The van der Waals surface area contributed by atoms with Gasteiger partial charge in [0.15, 0.2) is 0 Å². The van der Waals surface area contributed by atoms with Crippen LogP contribution in [-0.4, -0.2) is 41.7 Å². The van der Waals surface area contributed by atoms with Crippen molar-refractivity contribution < 1.29 is 4.74 Å². The van der Waals surface area contributed by atoms with Crippen molar-refractivity contribution >= 4 is 16.7 Å². The summed E-state index contributed by atoms with van der Waals surface area (Å²) in [4.78, 5) is 7.01. The lowest BCUT2D eigenvalue weighted by Gasteiger charge is -2.31. The predicted molar refractivity (Wildman–Crippen MR) is 83.5 cm³/mol. The first kappa shape index (κ1) is 15.7. The Labute approximate surface area is 125 Å². The summed E-state index contributed by atoms with van der Waals surface area (Å²) in [7, 11) is 0. The lowest BCUT2D eigenvalue weighted by atomic mass is 9.96. The maximum absolute atomic E-state index is 5.83. The van der Waals surface area contributed by atoms with Crippen LogP contribution in [0.15, 0.2) is 0 Å². The summed E-state index contributed by atoms with van der Waals surface area (Å²) in [5.41, 5.74) is 5.50. The zero-order chi connectivity index (χ0) is 14.6. The number of aromatic nitrogens is 2. The van der Waals surface area contributed by atoms with Gasteiger partial charge in [-0.25, -0.2) is 4.98 Å². The van der Waals surface area contributed by atoms with Gasteiger partial charge in [-0.15, -0.1) is 0 Å². The van der Waals surface area contributed by atoms with E-state index < -0.39 is 0 Å². The summed E-state index contributed by atoms with van der Waals surface area (Å²) in [6.07, 6.45) is 3.46. The predicted octanol–water partition coefficient (Wildman–Crippen LogP) is 2.17. The van der Waals surface area contributed by atoms with E-state index in [9.17, 15) is 0 Å². The highest BCUT2D eigenvalue weighted by Gasteiger charge is 2.25. The normalized spacial score (nSPS) is 17.7. The smallest absolute Gasteiger partial charge is 0.205 e. The molecule has 20 heavy (non-hydrogen) atoms. The Hall–Kier alpha value is -0.720. The molecular weight excluding hydrogens is 272 g/mol. The summed E-state index contributed by atoms with van der Waals surface area (Å²) < 4.78 is 10.3. The minimum absolute atomic E-state index is 0.0262. The summed E-state index contributed by atoms with van der Waals surface area (Å²) in [6, 6.07) is 0. The van der Waals surface area contributed by atoms with Crippen LogP contribution in [0, 0.1) is 0 Å². The molecule has 0 saturated carbocycles. The van der Waals surface area contributed by atoms with Gasteiger partial charge in [0.25, 0.3) is 0 Å². The van der Waals surface area contributed by atoms with Gasteiger partial charge in [-0.1, -0.05) is 20.8 Å². The van der Waals surface area contributed by atoms with Crippen molar-refractivity contribution in [3.8, 4) is 0 Å². The second-order valence-electron chi connectivity index (χ2n) is 6.35. The van der Waals surface area contributed by atoms with E-state index in [-0.39, 0.29) is 5.41 Å². The molecule has 0 aromatic carbocycles. The topological polar surface area (TPSA) is 64.3 Å². The Morgan fingerprint density at radius 2 is 2.05 bits per heavy atom. The van der Waals surface area contributed by atoms with Crippen LogP contribution in [0.25, 0.3) is 0 Å². The van der Waals surface area contributed by atoms with Crippen LogP contribution in [0.5, 0.6) is 0 Å². The zero-order valence-electron chi connectivity index (χ0n) is 12.8. The fourth-order valence-corrected chi connectivity index (χ4v) is 3.10. The minimum Gasteiger partial charge on any atom is -0.378 e. The number of ether oxygens (including phenoxy) is 1. The first-order valence-corrected chi connectivity index (χ1v) is 8.19. The van der Waals surface area contributed by atoms with Gasteiger partial charge in [0.1, 0.15) is 5.82 Å². The monoisotopic (exact) mass is 298 g/mol. The molecule has 0 atom stereocenters. The lowest BCUT2D eigenvalue weighted by Crippen LogP contribution is -2.37. The molecule has 1 aliphatic rings. The van der Waals surface area contributed by atoms with Gasteiger partial charge in [-0.2, -0.15) is 4.37 Å². The van der Waals surface area contributed by atoms with Crippen LogP contribution < -0.4 is 10.6 Å². The summed E-state index contributed by atoms with van der Waals surface area (Å²) in [5.74, 6) is 0.943. The summed E-state index contributed by atoms with van der Waals surface area (Å²) in [5, 5.41) is 1.05. The van der Waals surface area contributed by atoms with Gasteiger partial charge in [-0.3, -0.25) is 0 Å². The molecule has 0 aliphatic carbocycles. The first-order valence-electron chi connectivity index (χ1n) is 7.41. The van der Waals surface area contributed by atoms with Gasteiger partial charge < -0.3 is 15.4 Å². The van der Waals surface area contributed by atoms with E-state index in [2.05, 4.69) is 35.0 Å². The number of hydrogen-bond donors (Lipinski definition) is 1. The number of nitrogens with zero attached hydrogens (tertiary/aromatic N) is 3. The van der Waals surface area contributed by atoms with Crippen molar-refractivity contribution in [3.05, 3.63) is 5.82 Å². The Morgan fingerprint density at radius 1 is 1.35 bits per heavy atom. The maximum atomic E-state index is 5.83. The maximum Gasteiger partial charge on any atom is 0.205 e. The number of rotatable bonds is 5. The number of piperidine rings is 1. The van der Waals surface area contributed by atoms with Gasteiger partial charge in [0, 0.05) is 36.6 Å². The highest BCUT2D eigenvalue weighted by molar-refractivity contribution is 7.09. The fraction of sp³-hybridized carbons (Fsp3) is 0.857. The molecule has 2 rings (SSSR count). The van der Waals surface area contributed by atoms with Gasteiger partial charge in [-0.05, 0) is 25.8 Å². The third kappa shape index (κ3) is 4.14. The van der Waals surface area contributed by atoms with Gasteiger partial charge >= 0.3 is 0 Å². The second-order valence-corrected chi connectivity index (χ2v) is 7.08. The molecule has 2 heterocycles. The fourth-order valence-electron chi connectivity index (χ4n) is 2.20. The largest absolute Gasteiger partial charge is 0.378 e. The highest BCUT2D eigenvalue weighted by Crippen LogP contribution is 2.27. The molecule has 5 nitrogen and oxygen atoms in total. The molecule has 0 spiro atoms. The molecule has 1 fully saturated rings. The average molecular weight is 298 g/mol. The van der Waals surface area contributed by atoms with Crippen molar-refractivity contribution in [1.29, 1.82) is 0 Å². The van der Waals surface area contributed by atoms with E-state index in [0.29, 0.717) is 12.6 Å². The van der Waals surface area contributed by atoms with Gasteiger partial charge in [0.2, 0.25) is 5.13 Å². The Balaban J connectivity index is 1.83. The molecular formula is C14H26N4OS. The molecule has 1 aromatic heterocycles. The molecule has 0 unspecified atom stereocenters. The van der Waals surface area contributed by atoms with Crippen molar-refractivity contribution in [2.75, 3.05) is 31.1 Å². The van der Waals surface area contributed by atoms with Crippen molar-refractivity contribution in [2.45, 2.75) is 51.6 Å². The van der Waals surface area contributed by atoms with Crippen molar-refractivity contribution in [1.82, 2.24) is 9.36 Å². The number of nitrogens with two attached hydrogens (primary N) is 1. The molecule has 114 valence electrons. The van der Waals surface area contributed by atoms with Crippen LogP contribution >= 0.6 is 11.5 Å². The summed E-state index contributed by atoms with van der Waals surface area (Å²) in [6.45, 7) is 9.95. The quantitative estimate of drug-likeness (QED) is 0.844. The highest BCUT2D eigenvalue weighted by atomic mass is 32.1. The molecule has 6 heteroatoms. The van der Waals surface area contributed by atoms with Gasteiger partial charge in [0.05, 0.1) is 6.10 Å². The van der Waals surface area contributed by atoms with E-state index in [1.165, 1.54) is 11.5 Å². The second kappa shape index (κ2) is 6.83. The van der Waals surface area contributed by atoms with Crippen molar-refractivity contribution in [2.24, 2.45) is 5.73 Å². The third-order valence-corrected chi connectivity index (χ3v) is 4.28. The van der Waals surface area contributed by atoms with Crippen molar-refractivity contribution in [3.63, 3.8) is 0 Å². The van der Waals surface area contributed by atoms with Crippen LogP contribution in [0.2, 0.25) is 0 Å². The van der Waals surface area contributed by atoms with Crippen LogP contribution in [0.4, 0.5) is 5.13 Å². The van der Waals surface area contributed by atoms with E-state index in [4.69, 9.17) is 10.5 Å². The lowest BCUT2D eigenvalue weighted by molar-refractivity contribution is 0.0366. The average Bonchev–Trinajstić information content (AvgIpc) is 2.89.